The second-order valence-electron chi connectivity index (χ2n) is 3.62. The lowest BCUT2D eigenvalue weighted by molar-refractivity contribution is 0.0842. The molecule has 0 aromatic carbocycles. The molecule has 15 heavy (non-hydrogen) atoms. The molecule has 5 heteroatoms. The average molecular weight is 209 g/mol. The Labute approximate surface area is 88.6 Å². The van der Waals surface area contributed by atoms with Gasteiger partial charge in [-0.3, -0.25) is 9.78 Å². The molecule has 1 aromatic heterocycles. The first-order chi connectivity index (χ1) is 7.11. The lowest BCUT2D eigenvalue weighted by Gasteiger charge is -2.26. The van der Waals surface area contributed by atoms with Crippen molar-refractivity contribution in [2.75, 3.05) is 6.61 Å². The van der Waals surface area contributed by atoms with Gasteiger partial charge in [0.1, 0.15) is 5.69 Å². The lowest BCUT2D eigenvalue weighted by atomic mass is 10.0. The highest BCUT2D eigenvalue weighted by Gasteiger charge is 2.24. The van der Waals surface area contributed by atoms with Crippen LogP contribution in [0.15, 0.2) is 18.6 Å². The molecule has 0 radical (unpaired) electrons. The van der Waals surface area contributed by atoms with Crippen molar-refractivity contribution in [1.29, 1.82) is 0 Å². The topological polar surface area (TPSA) is 75.1 Å². The standard InChI is InChI=1S/C10H15N3O2/c1-3-10(2,7-14)13-9(15)8-6-11-4-5-12-8/h4-6,14H,3,7H2,1-2H3,(H,13,15). The van der Waals surface area contributed by atoms with Gasteiger partial charge in [0.25, 0.3) is 5.91 Å². The largest absolute Gasteiger partial charge is 0.394 e. The van der Waals surface area contributed by atoms with E-state index in [4.69, 9.17) is 5.11 Å². The Morgan fingerprint density at radius 2 is 2.33 bits per heavy atom. The van der Waals surface area contributed by atoms with Crippen molar-refractivity contribution >= 4 is 5.91 Å². The zero-order valence-electron chi connectivity index (χ0n) is 8.90. The molecule has 0 saturated carbocycles. The van der Waals surface area contributed by atoms with Gasteiger partial charge in [0.2, 0.25) is 0 Å². The predicted octanol–water partition coefficient (Wildman–Crippen LogP) is 0.367. The van der Waals surface area contributed by atoms with Gasteiger partial charge < -0.3 is 10.4 Å². The third-order valence-corrected chi connectivity index (χ3v) is 2.34. The maximum atomic E-state index is 11.7. The molecule has 1 aromatic rings. The van der Waals surface area contributed by atoms with E-state index in [0.29, 0.717) is 6.42 Å². The number of amides is 1. The van der Waals surface area contributed by atoms with Gasteiger partial charge in [-0.2, -0.15) is 0 Å². The number of hydrogen-bond donors (Lipinski definition) is 2. The van der Waals surface area contributed by atoms with Crippen LogP contribution < -0.4 is 5.32 Å². The van der Waals surface area contributed by atoms with Crippen LogP contribution in [-0.2, 0) is 0 Å². The summed E-state index contributed by atoms with van der Waals surface area (Å²) in [4.78, 5) is 19.3. The van der Waals surface area contributed by atoms with E-state index >= 15 is 0 Å². The van der Waals surface area contributed by atoms with Crippen LogP contribution in [-0.4, -0.2) is 33.1 Å². The van der Waals surface area contributed by atoms with Gasteiger partial charge >= 0.3 is 0 Å². The minimum Gasteiger partial charge on any atom is -0.394 e. The molecule has 0 aliphatic rings. The first-order valence-corrected chi connectivity index (χ1v) is 4.80. The molecule has 0 spiro atoms. The number of aromatic nitrogens is 2. The summed E-state index contributed by atoms with van der Waals surface area (Å²) in [5, 5.41) is 11.8. The zero-order valence-corrected chi connectivity index (χ0v) is 8.90. The normalized spacial score (nSPS) is 14.3. The molecular formula is C10H15N3O2. The number of nitrogens with one attached hydrogen (secondary N) is 1. The molecule has 1 amide bonds. The molecule has 2 N–H and O–H groups in total. The van der Waals surface area contributed by atoms with Crippen LogP contribution in [0.4, 0.5) is 0 Å². The van der Waals surface area contributed by atoms with Crippen LogP contribution in [0.5, 0.6) is 0 Å². The van der Waals surface area contributed by atoms with E-state index in [1.165, 1.54) is 18.6 Å². The monoisotopic (exact) mass is 209 g/mol. The van der Waals surface area contributed by atoms with E-state index in [9.17, 15) is 4.79 Å². The highest BCUT2D eigenvalue weighted by atomic mass is 16.3. The Kier molecular flexibility index (Phi) is 3.74. The van der Waals surface area contributed by atoms with Crippen molar-refractivity contribution in [3.05, 3.63) is 24.3 Å². The summed E-state index contributed by atoms with van der Waals surface area (Å²) in [5.74, 6) is -0.318. The van der Waals surface area contributed by atoms with Gasteiger partial charge in [-0.25, -0.2) is 4.98 Å². The fraction of sp³-hybridized carbons (Fsp3) is 0.500. The molecular weight excluding hydrogens is 194 g/mol. The highest BCUT2D eigenvalue weighted by molar-refractivity contribution is 5.92. The van der Waals surface area contributed by atoms with Crippen LogP contribution in [0.25, 0.3) is 0 Å². The van der Waals surface area contributed by atoms with E-state index in [2.05, 4.69) is 15.3 Å². The summed E-state index contributed by atoms with van der Waals surface area (Å²) in [6.45, 7) is 3.57. The quantitative estimate of drug-likeness (QED) is 0.751. The number of rotatable bonds is 4. The van der Waals surface area contributed by atoms with E-state index in [0.717, 1.165) is 0 Å². The minimum atomic E-state index is -0.603. The third-order valence-electron chi connectivity index (χ3n) is 2.34. The Hall–Kier alpha value is -1.49. The van der Waals surface area contributed by atoms with Crippen molar-refractivity contribution in [2.24, 2.45) is 0 Å². The lowest BCUT2D eigenvalue weighted by Crippen LogP contribution is -2.48. The van der Waals surface area contributed by atoms with E-state index < -0.39 is 5.54 Å². The Morgan fingerprint density at radius 1 is 1.60 bits per heavy atom. The van der Waals surface area contributed by atoms with Gasteiger partial charge in [0.05, 0.1) is 18.3 Å². The molecule has 1 heterocycles. The summed E-state index contributed by atoms with van der Waals surface area (Å²) < 4.78 is 0. The minimum absolute atomic E-state index is 0.102. The summed E-state index contributed by atoms with van der Waals surface area (Å²) in [5.41, 5.74) is -0.347. The second kappa shape index (κ2) is 4.84. The van der Waals surface area contributed by atoms with Crippen molar-refractivity contribution < 1.29 is 9.90 Å². The first kappa shape index (κ1) is 11.6. The van der Waals surface area contributed by atoms with Gasteiger partial charge in [0, 0.05) is 12.4 Å². The Bertz CT molecular complexity index is 323. The van der Waals surface area contributed by atoms with Crippen molar-refractivity contribution in [3.8, 4) is 0 Å². The van der Waals surface area contributed by atoms with Crippen LogP contribution in [0.2, 0.25) is 0 Å². The summed E-state index contributed by atoms with van der Waals surface area (Å²) in [6.07, 6.45) is 5.00. The smallest absolute Gasteiger partial charge is 0.271 e. The van der Waals surface area contributed by atoms with Gasteiger partial charge in [-0.1, -0.05) is 6.92 Å². The number of aliphatic hydroxyl groups excluding tert-OH is 1. The van der Waals surface area contributed by atoms with Crippen LogP contribution in [0.3, 0.4) is 0 Å². The van der Waals surface area contributed by atoms with E-state index in [1.807, 2.05) is 6.92 Å². The molecule has 0 aliphatic heterocycles. The maximum Gasteiger partial charge on any atom is 0.271 e. The van der Waals surface area contributed by atoms with Crippen molar-refractivity contribution in [1.82, 2.24) is 15.3 Å². The summed E-state index contributed by atoms with van der Waals surface area (Å²) >= 11 is 0. The highest BCUT2D eigenvalue weighted by Crippen LogP contribution is 2.08. The molecule has 0 fully saturated rings. The number of hydrogen-bond acceptors (Lipinski definition) is 4. The zero-order chi connectivity index (χ0) is 11.3. The van der Waals surface area contributed by atoms with Crippen LogP contribution >= 0.6 is 0 Å². The van der Waals surface area contributed by atoms with Gasteiger partial charge in [-0.05, 0) is 13.3 Å². The molecule has 0 bridgehead atoms. The fourth-order valence-electron chi connectivity index (χ4n) is 0.994. The number of nitrogens with zero attached hydrogens (tertiary/aromatic N) is 2. The average Bonchev–Trinajstić information content (AvgIpc) is 2.30. The van der Waals surface area contributed by atoms with Crippen molar-refractivity contribution in [2.45, 2.75) is 25.8 Å². The second-order valence-corrected chi connectivity index (χ2v) is 3.62. The number of carbonyl (C=O) groups excluding carboxylic acids is 1. The molecule has 5 nitrogen and oxygen atoms in total. The molecule has 1 rings (SSSR count). The van der Waals surface area contributed by atoms with Crippen LogP contribution in [0, 0.1) is 0 Å². The maximum absolute atomic E-state index is 11.7. The third kappa shape index (κ3) is 2.99. The summed E-state index contributed by atoms with van der Waals surface area (Å²) in [7, 11) is 0. The van der Waals surface area contributed by atoms with E-state index in [1.54, 1.807) is 6.92 Å². The number of aliphatic hydroxyl groups is 1. The first-order valence-electron chi connectivity index (χ1n) is 4.80. The van der Waals surface area contributed by atoms with Crippen LogP contribution in [0.1, 0.15) is 30.8 Å². The Balaban J connectivity index is 2.72. The van der Waals surface area contributed by atoms with Gasteiger partial charge in [-0.15, -0.1) is 0 Å². The number of carbonyl (C=O) groups is 1. The molecule has 0 aliphatic carbocycles. The van der Waals surface area contributed by atoms with Gasteiger partial charge in [0.15, 0.2) is 0 Å². The van der Waals surface area contributed by atoms with E-state index in [-0.39, 0.29) is 18.2 Å². The fourth-order valence-corrected chi connectivity index (χ4v) is 0.994. The summed E-state index contributed by atoms with van der Waals surface area (Å²) in [6, 6.07) is 0. The Morgan fingerprint density at radius 3 is 2.80 bits per heavy atom. The SMILES string of the molecule is CCC(C)(CO)NC(=O)c1cnccn1. The predicted molar refractivity (Wildman–Crippen MR) is 55.3 cm³/mol. The molecule has 0 saturated heterocycles. The van der Waals surface area contributed by atoms with Crippen molar-refractivity contribution in [3.63, 3.8) is 0 Å². The molecule has 1 unspecified atom stereocenters. The molecule has 82 valence electrons. The molecule has 1 atom stereocenters.